The van der Waals surface area contributed by atoms with E-state index in [1.807, 2.05) is 32.0 Å². The Labute approximate surface area is 127 Å². The highest BCUT2D eigenvalue weighted by Crippen LogP contribution is 2.10. The quantitative estimate of drug-likeness (QED) is 0.882. The van der Waals surface area contributed by atoms with Gasteiger partial charge in [-0.3, -0.25) is 9.69 Å². The van der Waals surface area contributed by atoms with Gasteiger partial charge < -0.3 is 10.6 Å². The van der Waals surface area contributed by atoms with E-state index in [9.17, 15) is 4.79 Å². The second-order valence-electron chi connectivity index (χ2n) is 5.17. The molecule has 1 aliphatic rings. The Hall–Kier alpha value is -1.10. The van der Waals surface area contributed by atoms with Crippen LogP contribution in [0.15, 0.2) is 18.2 Å². The topological polar surface area (TPSA) is 44.4 Å². The van der Waals surface area contributed by atoms with E-state index < -0.39 is 0 Å². The Balaban J connectivity index is 0.00000200. The second-order valence-corrected chi connectivity index (χ2v) is 5.17. The molecule has 2 rings (SSSR count). The summed E-state index contributed by atoms with van der Waals surface area (Å²) in [6.07, 6.45) is 0. The van der Waals surface area contributed by atoms with Crippen LogP contribution in [0.3, 0.4) is 0 Å². The smallest absolute Gasteiger partial charge is 0.251 e. The Kier molecular flexibility index (Phi) is 6.99. The predicted octanol–water partition coefficient (Wildman–Crippen LogP) is 1.36. The minimum Gasteiger partial charge on any atom is -0.351 e. The first-order chi connectivity index (χ1) is 9.16. The van der Waals surface area contributed by atoms with Crippen molar-refractivity contribution in [3.63, 3.8) is 0 Å². The fraction of sp³-hybridized carbons (Fsp3) is 0.533. The maximum absolute atomic E-state index is 12.1. The second kappa shape index (κ2) is 8.25. The minimum atomic E-state index is 0. The fourth-order valence-corrected chi connectivity index (χ4v) is 2.34. The van der Waals surface area contributed by atoms with Gasteiger partial charge in [0.2, 0.25) is 0 Å². The molecular formula is C15H24ClN3O. The molecule has 1 aromatic rings. The average molecular weight is 298 g/mol. The van der Waals surface area contributed by atoms with E-state index in [4.69, 9.17) is 0 Å². The van der Waals surface area contributed by atoms with Gasteiger partial charge in [-0.05, 0) is 25.5 Å². The predicted molar refractivity (Wildman–Crippen MR) is 84.8 cm³/mol. The van der Waals surface area contributed by atoms with Gasteiger partial charge >= 0.3 is 0 Å². The van der Waals surface area contributed by atoms with E-state index in [2.05, 4.69) is 15.5 Å². The van der Waals surface area contributed by atoms with Crippen LogP contribution in [-0.2, 0) is 0 Å². The molecule has 1 fully saturated rings. The molecule has 1 heterocycles. The Bertz CT molecular complexity index is 445. The zero-order valence-corrected chi connectivity index (χ0v) is 13.1. The van der Waals surface area contributed by atoms with Crippen LogP contribution < -0.4 is 10.6 Å². The van der Waals surface area contributed by atoms with Crippen LogP contribution in [0.4, 0.5) is 0 Å². The van der Waals surface area contributed by atoms with Crippen LogP contribution in [0.5, 0.6) is 0 Å². The summed E-state index contributed by atoms with van der Waals surface area (Å²) in [7, 11) is 0. The molecule has 2 N–H and O–H groups in total. The van der Waals surface area contributed by atoms with Gasteiger partial charge in [0.1, 0.15) is 0 Å². The third-order valence-corrected chi connectivity index (χ3v) is 3.56. The van der Waals surface area contributed by atoms with Gasteiger partial charge in [0.25, 0.3) is 5.91 Å². The van der Waals surface area contributed by atoms with E-state index >= 15 is 0 Å². The van der Waals surface area contributed by atoms with Crippen molar-refractivity contribution >= 4 is 18.3 Å². The van der Waals surface area contributed by atoms with Crippen molar-refractivity contribution in [2.75, 3.05) is 39.3 Å². The number of amides is 1. The Morgan fingerprint density at radius 3 is 2.70 bits per heavy atom. The largest absolute Gasteiger partial charge is 0.351 e. The molecule has 0 bridgehead atoms. The van der Waals surface area contributed by atoms with Crippen molar-refractivity contribution in [3.8, 4) is 0 Å². The van der Waals surface area contributed by atoms with Crippen LogP contribution in [-0.4, -0.2) is 50.1 Å². The number of halogens is 1. The highest BCUT2D eigenvalue weighted by atomic mass is 35.5. The highest BCUT2D eigenvalue weighted by molar-refractivity contribution is 5.95. The summed E-state index contributed by atoms with van der Waals surface area (Å²) in [6.45, 7) is 9.86. The number of aryl methyl sites for hydroxylation is 2. The molecule has 1 amide bonds. The lowest BCUT2D eigenvalue weighted by atomic mass is 10.1. The molecule has 0 spiro atoms. The first-order valence-corrected chi connectivity index (χ1v) is 6.95. The normalized spacial score (nSPS) is 15.5. The van der Waals surface area contributed by atoms with E-state index in [-0.39, 0.29) is 18.3 Å². The molecule has 5 heteroatoms. The highest BCUT2D eigenvalue weighted by Gasteiger charge is 2.11. The third kappa shape index (κ3) is 4.78. The van der Waals surface area contributed by atoms with Crippen LogP contribution >= 0.6 is 12.4 Å². The molecule has 4 nitrogen and oxygen atoms in total. The van der Waals surface area contributed by atoms with Crippen LogP contribution in [0.1, 0.15) is 21.5 Å². The molecular weight excluding hydrogens is 274 g/mol. The molecule has 0 radical (unpaired) electrons. The number of piperazine rings is 1. The standard InChI is InChI=1S/C15H23N3O.ClH/c1-12-3-4-13(2)14(11-12)15(19)17-7-10-18-8-5-16-6-9-18;/h3-4,11,16H,5-10H2,1-2H3,(H,17,19);1H. The number of hydrogen-bond donors (Lipinski definition) is 2. The molecule has 0 saturated carbocycles. The maximum atomic E-state index is 12.1. The van der Waals surface area contributed by atoms with Gasteiger partial charge in [-0.25, -0.2) is 0 Å². The summed E-state index contributed by atoms with van der Waals surface area (Å²) in [4.78, 5) is 14.5. The van der Waals surface area contributed by atoms with Gasteiger partial charge in [0, 0.05) is 44.8 Å². The average Bonchev–Trinajstić information content (AvgIpc) is 2.42. The van der Waals surface area contributed by atoms with E-state index in [1.165, 1.54) is 0 Å². The van der Waals surface area contributed by atoms with Gasteiger partial charge in [-0.15, -0.1) is 12.4 Å². The molecule has 20 heavy (non-hydrogen) atoms. The van der Waals surface area contributed by atoms with E-state index in [0.29, 0.717) is 6.54 Å². The molecule has 0 aromatic heterocycles. The van der Waals surface area contributed by atoms with Crippen molar-refractivity contribution < 1.29 is 4.79 Å². The lowest BCUT2D eigenvalue weighted by Gasteiger charge is -2.27. The number of carbonyl (C=O) groups is 1. The molecule has 1 aromatic carbocycles. The lowest BCUT2D eigenvalue weighted by molar-refractivity contribution is 0.0946. The monoisotopic (exact) mass is 297 g/mol. The molecule has 1 saturated heterocycles. The number of nitrogens with zero attached hydrogens (tertiary/aromatic N) is 1. The molecule has 112 valence electrons. The number of nitrogens with one attached hydrogen (secondary N) is 2. The first-order valence-electron chi connectivity index (χ1n) is 6.95. The summed E-state index contributed by atoms with van der Waals surface area (Å²) in [5.41, 5.74) is 2.95. The van der Waals surface area contributed by atoms with Crippen LogP contribution in [0.25, 0.3) is 0 Å². The van der Waals surface area contributed by atoms with Crippen molar-refractivity contribution in [2.45, 2.75) is 13.8 Å². The minimum absolute atomic E-state index is 0. The van der Waals surface area contributed by atoms with Crippen molar-refractivity contribution in [2.24, 2.45) is 0 Å². The molecule has 0 unspecified atom stereocenters. The lowest BCUT2D eigenvalue weighted by Crippen LogP contribution is -2.46. The SMILES string of the molecule is Cc1ccc(C)c(C(=O)NCCN2CCNCC2)c1.Cl. The van der Waals surface area contributed by atoms with Gasteiger partial charge in [-0.1, -0.05) is 17.7 Å². The van der Waals surface area contributed by atoms with Gasteiger partial charge in [-0.2, -0.15) is 0 Å². The van der Waals surface area contributed by atoms with Crippen molar-refractivity contribution in [1.82, 2.24) is 15.5 Å². The van der Waals surface area contributed by atoms with Crippen LogP contribution in [0.2, 0.25) is 0 Å². The van der Waals surface area contributed by atoms with Crippen molar-refractivity contribution in [1.29, 1.82) is 0 Å². The van der Waals surface area contributed by atoms with E-state index in [1.54, 1.807) is 0 Å². The zero-order valence-electron chi connectivity index (χ0n) is 12.2. The van der Waals surface area contributed by atoms with Crippen LogP contribution in [0, 0.1) is 13.8 Å². The summed E-state index contributed by atoms with van der Waals surface area (Å²) in [6, 6.07) is 5.99. The Morgan fingerprint density at radius 2 is 2.00 bits per heavy atom. The van der Waals surface area contributed by atoms with Crippen molar-refractivity contribution in [3.05, 3.63) is 34.9 Å². The van der Waals surface area contributed by atoms with E-state index in [0.717, 1.165) is 49.4 Å². The van der Waals surface area contributed by atoms with Gasteiger partial charge in [0.05, 0.1) is 0 Å². The zero-order chi connectivity index (χ0) is 13.7. The Morgan fingerprint density at radius 1 is 1.30 bits per heavy atom. The molecule has 1 aliphatic heterocycles. The maximum Gasteiger partial charge on any atom is 0.251 e. The third-order valence-electron chi connectivity index (χ3n) is 3.56. The fourth-order valence-electron chi connectivity index (χ4n) is 2.34. The summed E-state index contributed by atoms with van der Waals surface area (Å²) >= 11 is 0. The summed E-state index contributed by atoms with van der Waals surface area (Å²) in [5.74, 6) is 0.0383. The first kappa shape index (κ1) is 17.0. The van der Waals surface area contributed by atoms with Gasteiger partial charge in [0.15, 0.2) is 0 Å². The number of carbonyl (C=O) groups excluding carboxylic acids is 1. The molecule has 0 atom stereocenters. The number of hydrogen-bond acceptors (Lipinski definition) is 3. The number of rotatable bonds is 4. The number of benzene rings is 1. The molecule has 0 aliphatic carbocycles. The summed E-state index contributed by atoms with van der Waals surface area (Å²) in [5, 5.41) is 6.34. The summed E-state index contributed by atoms with van der Waals surface area (Å²) < 4.78 is 0.